The van der Waals surface area contributed by atoms with E-state index in [0.717, 1.165) is 10.0 Å². The van der Waals surface area contributed by atoms with Crippen LogP contribution in [-0.4, -0.2) is 28.1 Å². The largest absolute Gasteiger partial charge is 0.481 e. The van der Waals surface area contributed by atoms with E-state index in [-0.39, 0.29) is 18.7 Å². The zero-order valence-corrected chi connectivity index (χ0v) is 17.2. The van der Waals surface area contributed by atoms with Crippen LogP contribution < -0.4 is 15.6 Å². The van der Waals surface area contributed by atoms with Crippen LogP contribution in [0.4, 0.5) is 0 Å². The minimum Gasteiger partial charge on any atom is -0.481 e. The second kappa shape index (κ2) is 9.47. The van der Waals surface area contributed by atoms with Crippen LogP contribution in [-0.2, 0) is 16.0 Å². The standard InChI is InChI=1S/C18H17BrN4O4S/c1-11(26-14-4-2-3-13(19)9-14)18(25)22-21-15(24)5-6-16-20-17(23-27-16)12-7-8-28-10-12/h2-4,7-11H,5-6H2,1H3,(H,21,24)(H,22,25). The van der Waals surface area contributed by atoms with E-state index in [1.165, 1.54) is 11.3 Å². The number of nitrogens with one attached hydrogen (secondary N) is 2. The monoisotopic (exact) mass is 464 g/mol. The van der Waals surface area contributed by atoms with Crippen LogP contribution in [0.2, 0.25) is 0 Å². The molecule has 0 spiro atoms. The molecule has 0 radical (unpaired) electrons. The van der Waals surface area contributed by atoms with Crippen molar-refractivity contribution in [2.24, 2.45) is 0 Å². The number of carbonyl (C=O) groups excluding carboxylic acids is 2. The van der Waals surface area contributed by atoms with Gasteiger partial charge in [0.05, 0.1) is 0 Å². The molecule has 0 fully saturated rings. The number of amides is 2. The number of hydrogen-bond donors (Lipinski definition) is 2. The van der Waals surface area contributed by atoms with E-state index in [2.05, 4.69) is 36.9 Å². The number of aromatic nitrogens is 2. The number of rotatable bonds is 7. The van der Waals surface area contributed by atoms with Gasteiger partial charge < -0.3 is 9.26 Å². The summed E-state index contributed by atoms with van der Waals surface area (Å²) in [7, 11) is 0. The highest BCUT2D eigenvalue weighted by molar-refractivity contribution is 9.10. The van der Waals surface area contributed by atoms with E-state index >= 15 is 0 Å². The molecule has 0 aliphatic rings. The van der Waals surface area contributed by atoms with Gasteiger partial charge in [0.1, 0.15) is 5.75 Å². The highest BCUT2D eigenvalue weighted by Gasteiger charge is 2.16. The van der Waals surface area contributed by atoms with Gasteiger partial charge >= 0.3 is 0 Å². The summed E-state index contributed by atoms with van der Waals surface area (Å²) in [5.41, 5.74) is 5.56. The van der Waals surface area contributed by atoms with Crippen molar-refractivity contribution in [1.29, 1.82) is 0 Å². The van der Waals surface area contributed by atoms with Gasteiger partial charge in [0.15, 0.2) is 6.10 Å². The van der Waals surface area contributed by atoms with Gasteiger partial charge in [-0.3, -0.25) is 20.4 Å². The normalized spacial score (nSPS) is 11.6. The third-order valence-electron chi connectivity index (χ3n) is 3.62. The van der Waals surface area contributed by atoms with Crippen molar-refractivity contribution in [3.05, 3.63) is 51.5 Å². The fourth-order valence-electron chi connectivity index (χ4n) is 2.18. The van der Waals surface area contributed by atoms with Gasteiger partial charge in [0.25, 0.3) is 5.91 Å². The van der Waals surface area contributed by atoms with Gasteiger partial charge in [-0.25, -0.2) is 0 Å². The number of hydrazine groups is 1. The molecule has 1 unspecified atom stereocenters. The van der Waals surface area contributed by atoms with Crippen molar-refractivity contribution in [2.45, 2.75) is 25.9 Å². The summed E-state index contributed by atoms with van der Waals surface area (Å²) in [5, 5.41) is 7.71. The molecular weight excluding hydrogens is 448 g/mol. The minimum absolute atomic E-state index is 0.0897. The summed E-state index contributed by atoms with van der Waals surface area (Å²) < 4.78 is 11.5. The molecule has 3 aromatic rings. The van der Waals surface area contributed by atoms with Gasteiger partial charge in [-0.1, -0.05) is 27.2 Å². The number of aryl methyl sites for hydroxylation is 1. The van der Waals surface area contributed by atoms with E-state index in [1.54, 1.807) is 25.1 Å². The lowest BCUT2D eigenvalue weighted by Crippen LogP contribution is -2.47. The predicted molar refractivity (Wildman–Crippen MR) is 106 cm³/mol. The lowest BCUT2D eigenvalue weighted by molar-refractivity contribution is -0.132. The highest BCUT2D eigenvalue weighted by atomic mass is 79.9. The number of ether oxygens (including phenoxy) is 1. The summed E-state index contributed by atoms with van der Waals surface area (Å²) in [6.07, 6.45) is -0.422. The van der Waals surface area contributed by atoms with E-state index in [9.17, 15) is 9.59 Å². The molecule has 1 aromatic carbocycles. The Kier molecular flexibility index (Phi) is 6.77. The number of thiophene rings is 1. The molecule has 28 heavy (non-hydrogen) atoms. The molecule has 3 rings (SSSR count). The van der Waals surface area contributed by atoms with Crippen LogP contribution in [0.3, 0.4) is 0 Å². The van der Waals surface area contributed by atoms with Gasteiger partial charge in [-0.05, 0) is 36.6 Å². The molecule has 0 aliphatic carbocycles. The fraction of sp³-hybridized carbons (Fsp3) is 0.222. The quantitative estimate of drug-likeness (QED) is 0.520. The van der Waals surface area contributed by atoms with Gasteiger partial charge in [-0.2, -0.15) is 16.3 Å². The first-order valence-electron chi connectivity index (χ1n) is 8.37. The first-order valence-corrected chi connectivity index (χ1v) is 10.1. The van der Waals surface area contributed by atoms with Crippen molar-refractivity contribution in [3.63, 3.8) is 0 Å². The third-order valence-corrected chi connectivity index (χ3v) is 4.79. The van der Waals surface area contributed by atoms with Crippen molar-refractivity contribution in [2.75, 3.05) is 0 Å². The van der Waals surface area contributed by atoms with Crippen molar-refractivity contribution >= 4 is 39.1 Å². The Bertz CT molecular complexity index is 945. The fourth-order valence-corrected chi connectivity index (χ4v) is 3.19. The Morgan fingerprint density at radius 2 is 2.18 bits per heavy atom. The Labute approximate surface area is 173 Å². The number of carbonyl (C=O) groups is 2. The highest BCUT2D eigenvalue weighted by Crippen LogP contribution is 2.19. The average molecular weight is 465 g/mol. The van der Waals surface area contributed by atoms with Crippen LogP contribution in [0.25, 0.3) is 11.4 Å². The molecule has 2 heterocycles. The Morgan fingerprint density at radius 1 is 1.32 bits per heavy atom. The first kappa shape index (κ1) is 20.0. The molecule has 0 saturated heterocycles. The topological polar surface area (TPSA) is 106 Å². The lowest BCUT2D eigenvalue weighted by Gasteiger charge is -2.15. The van der Waals surface area contributed by atoms with Crippen LogP contribution in [0.15, 0.2) is 50.1 Å². The zero-order chi connectivity index (χ0) is 19.9. The predicted octanol–water partition coefficient (Wildman–Crippen LogP) is 3.11. The van der Waals surface area contributed by atoms with Gasteiger partial charge in [0, 0.05) is 28.3 Å². The number of benzene rings is 1. The molecule has 0 saturated carbocycles. The number of hydrogen-bond acceptors (Lipinski definition) is 7. The van der Waals surface area contributed by atoms with Crippen molar-refractivity contribution in [1.82, 2.24) is 21.0 Å². The second-order valence-electron chi connectivity index (χ2n) is 5.78. The summed E-state index contributed by atoms with van der Waals surface area (Å²) in [4.78, 5) is 28.2. The molecule has 0 aliphatic heterocycles. The molecule has 0 bridgehead atoms. The van der Waals surface area contributed by atoms with E-state index in [0.29, 0.717) is 17.5 Å². The molecule has 8 nitrogen and oxygen atoms in total. The summed E-state index contributed by atoms with van der Waals surface area (Å²) >= 11 is 4.87. The van der Waals surface area contributed by atoms with Crippen LogP contribution in [0.1, 0.15) is 19.2 Å². The van der Waals surface area contributed by atoms with Crippen molar-refractivity contribution < 1.29 is 18.8 Å². The first-order chi connectivity index (χ1) is 13.5. The van der Waals surface area contributed by atoms with E-state index in [4.69, 9.17) is 9.26 Å². The third kappa shape index (κ3) is 5.64. The van der Waals surface area contributed by atoms with Crippen LogP contribution >= 0.6 is 27.3 Å². The number of nitrogens with zero attached hydrogens (tertiary/aromatic N) is 2. The molecule has 2 N–H and O–H groups in total. The number of halogens is 1. The SMILES string of the molecule is CC(Oc1cccc(Br)c1)C(=O)NNC(=O)CCc1nc(-c2ccsc2)no1. The Balaban J connectivity index is 1.40. The maximum absolute atomic E-state index is 12.0. The molecule has 2 amide bonds. The Morgan fingerprint density at radius 3 is 2.93 bits per heavy atom. The van der Waals surface area contributed by atoms with Gasteiger partial charge in [0.2, 0.25) is 17.6 Å². The van der Waals surface area contributed by atoms with Gasteiger partial charge in [-0.15, -0.1) is 0 Å². The van der Waals surface area contributed by atoms with Crippen LogP contribution in [0.5, 0.6) is 5.75 Å². The van der Waals surface area contributed by atoms with Crippen LogP contribution in [0, 0.1) is 0 Å². The maximum Gasteiger partial charge on any atom is 0.279 e. The molecule has 2 aromatic heterocycles. The molecule has 146 valence electrons. The van der Waals surface area contributed by atoms with Crippen molar-refractivity contribution in [3.8, 4) is 17.1 Å². The summed E-state index contributed by atoms with van der Waals surface area (Å²) in [6.45, 7) is 1.59. The smallest absolute Gasteiger partial charge is 0.279 e. The average Bonchev–Trinajstić information content (AvgIpc) is 3.35. The minimum atomic E-state index is -0.779. The lowest BCUT2D eigenvalue weighted by atomic mass is 10.3. The summed E-state index contributed by atoms with van der Waals surface area (Å²) in [5.74, 6) is 0.544. The Hall–Kier alpha value is -2.72. The maximum atomic E-state index is 12.0. The molecular formula is C18H17BrN4O4S. The second-order valence-corrected chi connectivity index (χ2v) is 7.47. The van der Waals surface area contributed by atoms with E-state index in [1.807, 2.05) is 22.9 Å². The van der Waals surface area contributed by atoms with E-state index < -0.39 is 12.0 Å². The zero-order valence-electron chi connectivity index (χ0n) is 14.8. The summed E-state index contributed by atoms with van der Waals surface area (Å²) in [6, 6.07) is 9.02. The molecule has 1 atom stereocenters. The molecule has 10 heteroatoms.